The molecule has 1 aromatic heterocycles. The Balaban J connectivity index is 1.85. The van der Waals surface area contributed by atoms with Gasteiger partial charge in [-0.05, 0) is 19.9 Å². The summed E-state index contributed by atoms with van der Waals surface area (Å²) in [6.45, 7) is 11.1. The summed E-state index contributed by atoms with van der Waals surface area (Å²) in [6, 6.07) is 0.655. The molecule has 0 saturated carbocycles. The topological polar surface area (TPSA) is 28.2 Å². The van der Waals surface area contributed by atoms with Crippen LogP contribution in [0.15, 0.2) is 5.38 Å². The highest BCUT2D eigenvalue weighted by Gasteiger charge is 2.25. The lowest BCUT2D eigenvalue weighted by Gasteiger charge is -2.37. The van der Waals surface area contributed by atoms with Crippen molar-refractivity contribution in [1.29, 1.82) is 0 Å². The molecule has 1 saturated heterocycles. The van der Waals surface area contributed by atoms with Crippen LogP contribution in [0.25, 0.3) is 0 Å². The number of hydrogen-bond acceptors (Lipinski definition) is 5. The molecule has 1 N–H and O–H groups in total. The van der Waals surface area contributed by atoms with Crippen LogP contribution < -0.4 is 5.32 Å². The van der Waals surface area contributed by atoms with Gasteiger partial charge in [-0.3, -0.25) is 4.90 Å². The Morgan fingerprint density at radius 2 is 2.32 bits per heavy atom. The summed E-state index contributed by atoms with van der Waals surface area (Å²) in [6.07, 6.45) is 1.18. The van der Waals surface area contributed by atoms with Crippen LogP contribution >= 0.6 is 23.1 Å². The lowest BCUT2D eigenvalue weighted by atomic mass is 10.2. The average molecular weight is 300 g/mol. The summed E-state index contributed by atoms with van der Waals surface area (Å²) in [4.78, 5) is 7.31. The minimum Gasteiger partial charge on any atom is -0.310 e. The SMILES string of the molecule is CCCNCc1nc(CN2CCSC(C)C2C)cs1. The molecule has 1 fully saturated rings. The molecular formula is C14H25N3S2. The summed E-state index contributed by atoms with van der Waals surface area (Å²) in [5.41, 5.74) is 1.24. The van der Waals surface area contributed by atoms with Gasteiger partial charge in [-0.15, -0.1) is 11.3 Å². The highest BCUT2D eigenvalue weighted by molar-refractivity contribution is 8.00. The Labute approximate surface area is 125 Å². The summed E-state index contributed by atoms with van der Waals surface area (Å²) < 4.78 is 0. The van der Waals surface area contributed by atoms with Crippen molar-refractivity contribution < 1.29 is 0 Å². The van der Waals surface area contributed by atoms with E-state index in [1.54, 1.807) is 11.3 Å². The van der Waals surface area contributed by atoms with Crippen molar-refractivity contribution in [2.45, 2.75) is 51.6 Å². The summed E-state index contributed by atoms with van der Waals surface area (Å²) in [5.74, 6) is 1.25. The van der Waals surface area contributed by atoms with Gasteiger partial charge in [-0.25, -0.2) is 4.98 Å². The van der Waals surface area contributed by atoms with E-state index in [9.17, 15) is 0 Å². The number of nitrogens with zero attached hydrogens (tertiary/aromatic N) is 2. The third kappa shape index (κ3) is 4.45. The Bertz CT molecular complexity index is 381. The fraction of sp³-hybridized carbons (Fsp3) is 0.786. The Hall–Kier alpha value is -0.100. The van der Waals surface area contributed by atoms with Crippen LogP contribution in [0.4, 0.5) is 0 Å². The molecule has 108 valence electrons. The molecule has 2 heterocycles. The molecule has 0 aromatic carbocycles. The molecule has 0 radical (unpaired) electrons. The minimum atomic E-state index is 0.655. The molecule has 5 heteroatoms. The standard InChI is InChI=1S/C14H25N3S2/c1-4-5-15-8-14-16-13(10-19-14)9-17-6-7-18-12(3)11(17)2/h10-12,15H,4-9H2,1-3H3. The molecule has 2 rings (SSSR count). The van der Waals surface area contributed by atoms with Crippen LogP contribution in [0.1, 0.15) is 37.9 Å². The van der Waals surface area contributed by atoms with Crippen molar-refractivity contribution in [2.24, 2.45) is 0 Å². The van der Waals surface area contributed by atoms with Crippen LogP contribution in [0, 0.1) is 0 Å². The zero-order valence-electron chi connectivity index (χ0n) is 12.2. The predicted octanol–water partition coefficient (Wildman–Crippen LogP) is 2.97. The van der Waals surface area contributed by atoms with E-state index >= 15 is 0 Å². The third-order valence-corrected chi connectivity index (χ3v) is 5.92. The molecule has 1 aromatic rings. The van der Waals surface area contributed by atoms with Gasteiger partial charge in [0.05, 0.1) is 5.69 Å². The third-order valence-electron chi connectivity index (χ3n) is 3.68. The number of nitrogens with one attached hydrogen (secondary N) is 1. The fourth-order valence-electron chi connectivity index (χ4n) is 2.30. The van der Waals surface area contributed by atoms with Crippen molar-refractivity contribution in [2.75, 3.05) is 18.8 Å². The van der Waals surface area contributed by atoms with E-state index in [1.165, 1.54) is 29.4 Å². The van der Waals surface area contributed by atoms with Crippen LogP contribution in [0.3, 0.4) is 0 Å². The smallest absolute Gasteiger partial charge is 0.107 e. The van der Waals surface area contributed by atoms with E-state index in [0.717, 1.165) is 24.9 Å². The normalized spacial score (nSPS) is 24.8. The van der Waals surface area contributed by atoms with Crippen molar-refractivity contribution in [1.82, 2.24) is 15.2 Å². The second kappa shape index (κ2) is 7.62. The van der Waals surface area contributed by atoms with Crippen LogP contribution in [0.2, 0.25) is 0 Å². The number of thiazole rings is 1. The van der Waals surface area contributed by atoms with Gasteiger partial charge in [0.2, 0.25) is 0 Å². The Kier molecular flexibility index (Phi) is 6.13. The first kappa shape index (κ1) is 15.3. The first-order valence-corrected chi connectivity index (χ1v) is 9.13. The summed E-state index contributed by atoms with van der Waals surface area (Å²) in [5, 5.41) is 7.59. The van der Waals surface area contributed by atoms with Crippen LogP contribution in [-0.4, -0.2) is 40.0 Å². The molecule has 0 amide bonds. The van der Waals surface area contributed by atoms with Crippen molar-refractivity contribution >= 4 is 23.1 Å². The average Bonchev–Trinajstić information content (AvgIpc) is 2.83. The highest BCUT2D eigenvalue weighted by Crippen LogP contribution is 2.25. The van der Waals surface area contributed by atoms with Gasteiger partial charge in [0.15, 0.2) is 0 Å². The van der Waals surface area contributed by atoms with Gasteiger partial charge in [0.25, 0.3) is 0 Å². The first-order valence-electron chi connectivity index (χ1n) is 7.20. The van der Waals surface area contributed by atoms with Gasteiger partial charge in [-0.2, -0.15) is 11.8 Å². The molecule has 1 aliphatic rings. The zero-order chi connectivity index (χ0) is 13.7. The molecule has 0 aliphatic carbocycles. The Morgan fingerprint density at radius 3 is 3.11 bits per heavy atom. The van der Waals surface area contributed by atoms with Crippen LogP contribution in [-0.2, 0) is 13.1 Å². The van der Waals surface area contributed by atoms with Gasteiger partial charge in [0.1, 0.15) is 5.01 Å². The largest absolute Gasteiger partial charge is 0.310 e. The molecule has 2 atom stereocenters. The van der Waals surface area contributed by atoms with Gasteiger partial charge in [0, 0.05) is 42.1 Å². The number of aromatic nitrogens is 1. The number of rotatable bonds is 6. The fourth-order valence-corrected chi connectivity index (χ4v) is 4.22. The van der Waals surface area contributed by atoms with Crippen molar-refractivity contribution in [3.05, 3.63) is 16.1 Å². The molecular weight excluding hydrogens is 274 g/mol. The van der Waals surface area contributed by atoms with Crippen LogP contribution in [0.5, 0.6) is 0 Å². The van der Waals surface area contributed by atoms with E-state index in [2.05, 4.69) is 48.1 Å². The monoisotopic (exact) mass is 299 g/mol. The van der Waals surface area contributed by atoms with E-state index < -0.39 is 0 Å². The maximum Gasteiger partial charge on any atom is 0.107 e. The predicted molar refractivity (Wildman–Crippen MR) is 85.9 cm³/mol. The quantitative estimate of drug-likeness (QED) is 0.818. The maximum atomic E-state index is 4.74. The van der Waals surface area contributed by atoms with E-state index in [4.69, 9.17) is 4.98 Å². The van der Waals surface area contributed by atoms with E-state index in [0.29, 0.717) is 6.04 Å². The summed E-state index contributed by atoms with van der Waals surface area (Å²) >= 11 is 3.87. The number of thioether (sulfide) groups is 1. The molecule has 0 bridgehead atoms. The first-order chi connectivity index (χ1) is 9.20. The summed E-state index contributed by atoms with van der Waals surface area (Å²) in [7, 11) is 0. The van der Waals surface area contributed by atoms with Gasteiger partial charge < -0.3 is 5.32 Å². The zero-order valence-corrected chi connectivity index (χ0v) is 13.8. The maximum absolute atomic E-state index is 4.74. The second-order valence-electron chi connectivity index (χ2n) is 5.20. The minimum absolute atomic E-state index is 0.655. The molecule has 0 spiro atoms. The van der Waals surface area contributed by atoms with Gasteiger partial charge >= 0.3 is 0 Å². The highest BCUT2D eigenvalue weighted by atomic mass is 32.2. The lowest BCUT2D eigenvalue weighted by Crippen LogP contribution is -2.44. The van der Waals surface area contributed by atoms with Gasteiger partial charge in [-0.1, -0.05) is 13.8 Å². The van der Waals surface area contributed by atoms with Crippen molar-refractivity contribution in [3.63, 3.8) is 0 Å². The molecule has 2 unspecified atom stereocenters. The Morgan fingerprint density at radius 1 is 1.47 bits per heavy atom. The lowest BCUT2D eigenvalue weighted by molar-refractivity contribution is 0.202. The molecule has 3 nitrogen and oxygen atoms in total. The van der Waals surface area contributed by atoms with E-state index in [1.807, 2.05) is 0 Å². The van der Waals surface area contributed by atoms with E-state index in [-0.39, 0.29) is 0 Å². The second-order valence-corrected chi connectivity index (χ2v) is 7.62. The molecule has 19 heavy (non-hydrogen) atoms. The molecule has 1 aliphatic heterocycles. The van der Waals surface area contributed by atoms with Crippen molar-refractivity contribution in [3.8, 4) is 0 Å². The number of hydrogen-bond donors (Lipinski definition) is 1.